The van der Waals surface area contributed by atoms with Crippen molar-refractivity contribution < 1.29 is 0 Å². The zero-order valence-corrected chi connectivity index (χ0v) is 8.22. The molecule has 0 bridgehead atoms. The van der Waals surface area contributed by atoms with E-state index in [1.54, 1.807) is 12.4 Å². The number of hydrogen-bond acceptors (Lipinski definition) is 4. The van der Waals surface area contributed by atoms with Gasteiger partial charge in [-0.15, -0.1) is 0 Å². The number of pyridine rings is 2. The number of nitrogens with zero attached hydrogens (tertiary/aromatic N) is 2. The maximum Gasteiger partial charge on any atom is 0.146 e. The molecule has 2 aromatic rings. The van der Waals surface area contributed by atoms with Gasteiger partial charge in [-0.25, -0.2) is 4.98 Å². The van der Waals surface area contributed by atoms with Crippen molar-refractivity contribution in [2.75, 3.05) is 11.5 Å². The van der Waals surface area contributed by atoms with Crippen molar-refractivity contribution in [3.05, 3.63) is 47.9 Å². The maximum atomic E-state index is 5.82. The van der Waals surface area contributed by atoms with E-state index in [4.69, 9.17) is 11.5 Å². The van der Waals surface area contributed by atoms with Gasteiger partial charge in [-0.3, -0.25) is 4.98 Å². The minimum Gasteiger partial charge on any atom is -0.396 e. The minimum absolute atomic E-state index is 0.386. The van der Waals surface area contributed by atoms with Crippen LogP contribution in [0.1, 0.15) is 11.1 Å². The van der Waals surface area contributed by atoms with Gasteiger partial charge in [0, 0.05) is 25.0 Å². The monoisotopic (exact) mass is 200 g/mol. The number of nitrogens with two attached hydrogens (primary N) is 2. The van der Waals surface area contributed by atoms with E-state index in [0.29, 0.717) is 11.5 Å². The smallest absolute Gasteiger partial charge is 0.146 e. The van der Waals surface area contributed by atoms with Crippen LogP contribution in [0.3, 0.4) is 0 Å². The first-order valence-corrected chi connectivity index (χ1v) is 4.65. The summed E-state index contributed by atoms with van der Waals surface area (Å²) in [4.78, 5) is 7.96. The zero-order valence-electron chi connectivity index (χ0n) is 8.22. The van der Waals surface area contributed by atoms with Gasteiger partial charge in [0.25, 0.3) is 0 Å². The molecule has 0 radical (unpaired) electrons. The summed E-state index contributed by atoms with van der Waals surface area (Å²) in [6.45, 7) is 0. The average molecular weight is 200 g/mol. The van der Waals surface area contributed by atoms with Gasteiger partial charge in [0.2, 0.25) is 0 Å². The molecule has 0 amide bonds. The second-order valence-corrected chi connectivity index (χ2v) is 3.31. The van der Waals surface area contributed by atoms with Crippen molar-refractivity contribution in [1.82, 2.24) is 9.97 Å². The highest BCUT2D eigenvalue weighted by Crippen LogP contribution is 2.19. The van der Waals surface area contributed by atoms with Crippen molar-refractivity contribution in [2.45, 2.75) is 6.42 Å². The number of aromatic nitrogens is 2. The molecular weight excluding hydrogens is 188 g/mol. The molecule has 0 fully saturated rings. The molecule has 0 aliphatic carbocycles. The SMILES string of the molecule is Nc1nccc(Cc2cccnc2)c1N. The van der Waals surface area contributed by atoms with E-state index in [-0.39, 0.29) is 0 Å². The molecule has 0 atom stereocenters. The summed E-state index contributed by atoms with van der Waals surface area (Å²) in [6, 6.07) is 5.78. The summed E-state index contributed by atoms with van der Waals surface area (Å²) in [6.07, 6.45) is 5.95. The first-order valence-electron chi connectivity index (χ1n) is 4.65. The van der Waals surface area contributed by atoms with Crippen molar-refractivity contribution in [3.8, 4) is 0 Å². The number of hydrogen-bond donors (Lipinski definition) is 2. The minimum atomic E-state index is 0.386. The highest BCUT2D eigenvalue weighted by atomic mass is 14.9. The molecule has 2 heterocycles. The Hall–Kier alpha value is -2.10. The molecular formula is C11H12N4. The summed E-state index contributed by atoms with van der Waals surface area (Å²) in [5.41, 5.74) is 14.1. The first kappa shape index (κ1) is 9.45. The quantitative estimate of drug-likeness (QED) is 0.764. The van der Waals surface area contributed by atoms with Gasteiger partial charge in [-0.1, -0.05) is 6.07 Å². The van der Waals surface area contributed by atoms with Crippen LogP contribution < -0.4 is 11.5 Å². The van der Waals surface area contributed by atoms with Crippen molar-refractivity contribution in [2.24, 2.45) is 0 Å². The Kier molecular flexibility index (Phi) is 2.49. The van der Waals surface area contributed by atoms with E-state index in [1.807, 2.05) is 24.4 Å². The molecule has 4 heteroatoms. The van der Waals surface area contributed by atoms with E-state index < -0.39 is 0 Å². The van der Waals surface area contributed by atoms with Crippen LogP contribution in [0.5, 0.6) is 0 Å². The van der Waals surface area contributed by atoms with Crippen LogP contribution in [-0.4, -0.2) is 9.97 Å². The Morgan fingerprint density at radius 3 is 2.73 bits per heavy atom. The Balaban J connectivity index is 2.29. The van der Waals surface area contributed by atoms with Crippen molar-refractivity contribution in [3.63, 3.8) is 0 Å². The van der Waals surface area contributed by atoms with Crippen molar-refractivity contribution in [1.29, 1.82) is 0 Å². The lowest BCUT2D eigenvalue weighted by molar-refractivity contribution is 1.14. The predicted octanol–water partition coefficient (Wildman–Crippen LogP) is 1.23. The van der Waals surface area contributed by atoms with Gasteiger partial charge >= 0.3 is 0 Å². The lowest BCUT2D eigenvalue weighted by atomic mass is 10.1. The van der Waals surface area contributed by atoms with E-state index in [9.17, 15) is 0 Å². The number of nitrogen functional groups attached to an aromatic ring is 2. The summed E-state index contributed by atoms with van der Waals surface area (Å²) < 4.78 is 0. The van der Waals surface area contributed by atoms with Crippen LogP contribution in [0, 0.1) is 0 Å². The van der Waals surface area contributed by atoms with E-state index in [0.717, 1.165) is 17.5 Å². The fraction of sp³-hybridized carbons (Fsp3) is 0.0909. The molecule has 0 unspecified atom stereocenters. The Morgan fingerprint density at radius 1 is 1.13 bits per heavy atom. The zero-order chi connectivity index (χ0) is 10.7. The summed E-state index contributed by atoms with van der Waals surface area (Å²) in [7, 11) is 0. The molecule has 0 aromatic carbocycles. The topological polar surface area (TPSA) is 77.8 Å². The van der Waals surface area contributed by atoms with Crippen LogP contribution in [0.4, 0.5) is 11.5 Å². The van der Waals surface area contributed by atoms with Gasteiger partial charge in [-0.2, -0.15) is 0 Å². The predicted molar refractivity (Wildman–Crippen MR) is 60.1 cm³/mol. The van der Waals surface area contributed by atoms with Gasteiger partial charge in [0.15, 0.2) is 0 Å². The average Bonchev–Trinajstić information content (AvgIpc) is 2.26. The fourth-order valence-electron chi connectivity index (χ4n) is 1.41. The fourth-order valence-corrected chi connectivity index (χ4v) is 1.41. The molecule has 0 aliphatic heterocycles. The van der Waals surface area contributed by atoms with E-state index in [2.05, 4.69) is 9.97 Å². The highest BCUT2D eigenvalue weighted by molar-refractivity contribution is 5.63. The molecule has 15 heavy (non-hydrogen) atoms. The maximum absolute atomic E-state index is 5.82. The largest absolute Gasteiger partial charge is 0.396 e. The summed E-state index contributed by atoms with van der Waals surface area (Å²) in [5.74, 6) is 0.386. The summed E-state index contributed by atoms with van der Waals surface area (Å²) in [5, 5.41) is 0. The molecule has 0 aliphatic rings. The Bertz CT molecular complexity index is 453. The number of anilines is 2. The molecule has 4 N–H and O–H groups in total. The molecule has 2 aromatic heterocycles. The van der Waals surface area contributed by atoms with Crippen LogP contribution in [0.2, 0.25) is 0 Å². The summed E-state index contributed by atoms with van der Waals surface area (Å²) >= 11 is 0. The molecule has 4 nitrogen and oxygen atoms in total. The van der Waals surface area contributed by atoms with E-state index >= 15 is 0 Å². The lowest BCUT2D eigenvalue weighted by Crippen LogP contribution is -2.02. The van der Waals surface area contributed by atoms with Crippen LogP contribution in [-0.2, 0) is 6.42 Å². The Morgan fingerprint density at radius 2 is 2.00 bits per heavy atom. The third-order valence-corrected chi connectivity index (χ3v) is 2.23. The lowest BCUT2D eigenvalue weighted by Gasteiger charge is -2.06. The number of rotatable bonds is 2. The molecule has 2 rings (SSSR count). The Labute approximate surface area is 88.0 Å². The third-order valence-electron chi connectivity index (χ3n) is 2.23. The van der Waals surface area contributed by atoms with Gasteiger partial charge in [0.1, 0.15) is 5.82 Å². The second-order valence-electron chi connectivity index (χ2n) is 3.31. The molecule has 0 saturated heterocycles. The second kappa shape index (κ2) is 3.96. The van der Waals surface area contributed by atoms with Crippen LogP contribution in [0.25, 0.3) is 0 Å². The van der Waals surface area contributed by atoms with E-state index in [1.165, 1.54) is 0 Å². The van der Waals surface area contributed by atoms with Crippen LogP contribution >= 0.6 is 0 Å². The van der Waals surface area contributed by atoms with Gasteiger partial charge in [0.05, 0.1) is 5.69 Å². The van der Waals surface area contributed by atoms with Gasteiger partial charge < -0.3 is 11.5 Å². The van der Waals surface area contributed by atoms with Crippen molar-refractivity contribution >= 4 is 11.5 Å². The molecule has 0 saturated carbocycles. The highest BCUT2D eigenvalue weighted by Gasteiger charge is 2.03. The van der Waals surface area contributed by atoms with Gasteiger partial charge in [-0.05, 0) is 23.3 Å². The normalized spacial score (nSPS) is 10.1. The standard InChI is InChI=1S/C11H12N4/c12-10-9(3-5-15-11(10)13)6-8-2-1-4-14-7-8/h1-5,7H,6,12H2,(H2,13,15). The van der Waals surface area contributed by atoms with Crippen LogP contribution in [0.15, 0.2) is 36.8 Å². The molecule has 0 spiro atoms. The molecule has 76 valence electrons. The first-order chi connectivity index (χ1) is 7.27. The third kappa shape index (κ3) is 2.04.